The number of fused-ring (bicyclic) bond motifs is 1. The van der Waals surface area contributed by atoms with Crippen molar-refractivity contribution in [3.8, 4) is 0 Å². The van der Waals surface area contributed by atoms with E-state index < -0.39 is 0 Å². The number of thiophene rings is 1. The molecule has 0 aliphatic carbocycles. The maximum Gasteiger partial charge on any atom is 0.124 e. The summed E-state index contributed by atoms with van der Waals surface area (Å²) in [4.78, 5) is 0. The zero-order chi connectivity index (χ0) is 14.8. The van der Waals surface area contributed by atoms with Gasteiger partial charge in [-0.25, -0.2) is 4.39 Å². The summed E-state index contributed by atoms with van der Waals surface area (Å²) in [6.07, 6.45) is 0.693. The van der Waals surface area contributed by atoms with Crippen molar-refractivity contribution in [2.75, 3.05) is 0 Å². The van der Waals surface area contributed by atoms with Gasteiger partial charge in [-0.05, 0) is 46.5 Å². The van der Waals surface area contributed by atoms with E-state index in [4.69, 9.17) is 5.84 Å². The molecule has 2 nitrogen and oxygen atoms in total. The van der Waals surface area contributed by atoms with E-state index in [1.54, 1.807) is 17.4 Å². The number of hydrogen-bond donors (Lipinski definition) is 2. The van der Waals surface area contributed by atoms with Gasteiger partial charge in [0, 0.05) is 9.17 Å². The Morgan fingerprint density at radius 2 is 2.05 bits per heavy atom. The minimum absolute atomic E-state index is 0.0112. The zero-order valence-corrected chi connectivity index (χ0v) is 13.5. The van der Waals surface area contributed by atoms with Gasteiger partial charge in [-0.15, -0.1) is 11.3 Å². The van der Waals surface area contributed by atoms with Gasteiger partial charge in [0.1, 0.15) is 5.82 Å². The van der Waals surface area contributed by atoms with Crippen LogP contribution in [0.25, 0.3) is 10.1 Å². The average Bonchev–Trinajstić information content (AvgIpc) is 2.91. The maximum atomic E-state index is 13.2. The first-order valence-electron chi connectivity index (χ1n) is 6.55. The lowest BCUT2D eigenvalue weighted by atomic mass is 9.99. The van der Waals surface area contributed by atoms with E-state index in [9.17, 15) is 4.39 Å². The third-order valence-corrected chi connectivity index (χ3v) is 5.25. The van der Waals surface area contributed by atoms with Crippen molar-refractivity contribution >= 4 is 37.4 Å². The van der Waals surface area contributed by atoms with Gasteiger partial charge >= 0.3 is 0 Å². The first-order chi connectivity index (χ1) is 10.2. The molecule has 0 aliphatic heterocycles. The molecule has 0 saturated carbocycles. The second-order valence-electron chi connectivity index (χ2n) is 4.85. The number of rotatable bonds is 4. The summed E-state index contributed by atoms with van der Waals surface area (Å²) in [6.45, 7) is 0. The van der Waals surface area contributed by atoms with Crippen LogP contribution in [-0.2, 0) is 6.42 Å². The van der Waals surface area contributed by atoms with Gasteiger partial charge in [-0.3, -0.25) is 11.3 Å². The molecule has 0 spiro atoms. The molecule has 21 heavy (non-hydrogen) atoms. The van der Waals surface area contributed by atoms with Gasteiger partial charge in [-0.2, -0.15) is 0 Å². The van der Waals surface area contributed by atoms with E-state index in [1.165, 1.54) is 27.8 Å². The van der Waals surface area contributed by atoms with Crippen LogP contribution in [0.4, 0.5) is 4.39 Å². The molecule has 0 amide bonds. The van der Waals surface area contributed by atoms with E-state index >= 15 is 0 Å². The fourth-order valence-corrected chi connectivity index (χ4v) is 3.96. The van der Waals surface area contributed by atoms with E-state index in [-0.39, 0.29) is 11.9 Å². The van der Waals surface area contributed by atoms with Crippen LogP contribution < -0.4 is 11.3 Å². The van der Waals surface area contributed by atoms with Crippen LogP contribution in [0.5, 0.6) is 0 Å². The smallest absolute Gasteiger partial charge is 0.124 e. The van der Waals surface area contributed by atoms with E-state index in [2.05, 4.69) is 38.9 Å². The molecule has 2 aromatic carbocycles. The molecule has 0 bridgehead atoms. The monoisotopic (exact) mass is 364 g/mol. The Bertz CT molecular complexity index is 772. The molecule has 1 heterocycles. The van der Waals surface area contributed by atoms with Crippen LogP contribution in [0.2, 0.25) is 0 Å². The molecule has 0 fully saturated rings. The van der Waals surface area contributed by atoms with Gasteiger partial charge in [-0.1, -0.05) is 40.2 Å². The number of halogens is 2. The van der Waals surface area contributed by atoms with Crippen LogP contribution in [0, 0.1) is 5.82 Å². The predicted molar refractivity (Wildman–Crippen MR) is 89.7 cm³/mol. The molecule has 1 unspecified atom stereocenters. The van der Waals surface area contributed by atoms with E-state index in [1.807, 2.05) is 12.1 Å². The van der Waals surface area contributed by atoms with Crippen LogP contribution in [-0.4, -0.2) is 0 Å². The number of hydrazine groups is 1. The Labute approximate surface area is 134 Å². The summed E-state index contributed by atoms with van der Waals surface area (Å²) in [5, 5.41) is 3.34. The average molecular weight is 365 g/mol. The Balaban J connectivity index is 1.95. The molecule has 3 aromatic rings. The molecule has 0 aliphatic rings. The standard InChI is InChI=1S/C16H14BrFN2S/c17-14-8-11(18)6-5-10(14)7-15(20-19)13-9-21-16-4-2-1-3-12(13)16/h1-6,8-9,15,20H,7,19H2. The van der Waals surface area contributed by atoms with Crippen LogP contribution in [0.3, 0.4) is 0 Å². The highest BCUT2D eigenvalue weighted by Gasteiger charge is 2.16. The lowest BCUT2D eigenvalue weighted by molar-refractivity contribution is 0.554. The third kappa shape index (κ3) is 3.01. The molecule has 0 radical (unpaired) electrons. The number of nitrogens with one attached hydrogen (secondary N) is 1. The summed E-state index contributed by atoms with van der Waals surface area (Å²) < 4.78 is 15.2. The van der Waals surface area contributed by atoms with Crippen molar-refractivity contribution < 1.29 is 4.39 Å². The first-order valence-corrected chi connectivity index (χ1v) is 8.22. The number of benzene rings is 2. The van der Waals surface area contributed by atoms with Crippen LogP contribution in [0.15, 0.2) is 52.3 Å². The minimum atomic E-state index is -0.246. The quantitative estimate of drug-likeness (QED) is 0.526. The van der Waals surface area contributed by atoms with E-state index in [0.29, 0.717) is 6.42 Å². The topological polar surface area (TPSA) is 38.0 Å². The highest BCUT2D eigenvalue weighted by molar-refractivity contribution is 9.10. The van der Waals surface area contributed by atoms with Crippen molar-refractivity contribution in [3.63, 3.8) is 0 Å². The molecule has 1 aromatic heterocycles. The molecule has 108 valence electrons. The van der Waals surface area contributed by atoms with Crippen LogP contribution >= 0.6 is 27.3 Å². The maximum absolute atomic E-state index is 13.2. The molecule has 1 atom stereocenters. The second-order valence-corrected chi connectivity index (χ2v) is 6.61. The Kier molecular flexibility index (Phi) is 4.35. The predicted octanol–water partition coefficient (Wildman–Crippen LogP) is 4.55. The van der Waals surface area contributed by atoms with Crippen molar-refractivity contribution in [2.24, 2.45) is 5.84 Å². The fraction of sp³-hybridized carbons (Fsp3) is 0.125. The molecular formula is C16H14BrFN2S. The number of hydrogen-bond acceptors (Lipinski definition) is 3. The summed E-state index contributed by atoms with van der Waals surface area (Å²) in [5.74, 6) is 5.50. The van der Waals surface area contributed by atoms with Gasteiger partial charge in [0.25, 0.3) is 0 Å². The molecule has 0 saturated heterocycles. The largest absolute Gasteiger partial charge is 0.271 e. The SMILES string of the molecule is NNC(Cc1ccc(F)cc1Br)c1csc2ccccc12. The van der Waals surface area contributed by atoms with Gasteiger partial charge in [0.05, 0.1) is 6.04 Å². The Morgan fingerprint density at radius 3 is 2.81 bits per heavy atom. The van der Waals surface area contributed by atoms with Gasteiger partial charge in [0.2, 0.25) is 0 Å². The number of nitrogens with two attached hydrogens (primary N) is 1. The lowest BCUT2D eigenvalue weighted by Gasteiger charge is -2.16. The van der Waals surface area contributed by atoms with E-state index in [0.717, 1.165) is 10.0 Å². The summed E-state index contributed by atoms with van der Waals surface area (Å²) in [5.41, 5.74) is 5.08. The minimum Gasteiger partial charge on any atom is -0.271 e. The fourth-order valence-electron chi connectivity index (χ4n) is 2.43. The first kappa shape index (κ1) is 14.7. The summed E-state index contributed by atoms with van der Waals surface area (Å²) in [7, 11) is 0. The van der Waals surface area contributed by atoms with Crippen LogP contribution in [0.1, 0.15) is 17.2 Å². The highest BCUT2D eigenvalue weighted by atomic mass is 79.9. The van der Waals surface area contributed by atoms with Crippen molar-refractivity contribution in [2.45, 2.75) is 12.5 Å². The Hall–Kier alpha value is -1.27. The van der Waals surface area contributed by atoms with Crippen molar-refractivity contribution in [3.05, 3.63) is 69.3 Å². The molecule has 5 heteroatoms. The summed E-state index contributed by atoms with van der Waals surface area (Å²) in [6, 6.07) is 13.0. The Morgan fingerprint density at radius 1 is 1.24 bits per heavy atom. The van der Waals surface area contributed by atoms with Crippen molar-refractivity contribution in [1.29, 1.82) is 0 Å². The third-order valence-electron chi connectivity index (χ3n) is 3.53. The van der Waals surface area contributed by atoms with Gasteiger partial charge < -0.3 is 0 Å². The van der Waals surface area contributed by atoms with Crippen molar-refractivity contribution in [1.82, 2.24) is 5.43 Å². The molecule has 3 rings (SSSR count). The summed E-state index contributed by atoms with van der Waals surface area (Å²) >= 11 is 5.12. The van der Waals surface area contributed by atoms with Gasteiger partial charge in [0.15, 0.2) is 0 Å². The molecule has 3 N–H and O–H groups in total. The lowest BCUT2D eigenvalue weighted by Crippen LogP contribution is -2.29. The molecular weight excluding hydrogens is 351 g/mol. The normalized spacial score (nSPS) is 12.7. The highest BCUT2D eigenvalue weighted by Crippen LogP contribution is 2.32. The zero-order valence-electron chi connectivity index (χ0n) is 11.1. The second kappa shape index (κ2) is 6.23.